The first-order valence-electron chi connectivity index (χ1n) is 8.77. The fraction of sp³-hybridized carbons (Fsp3) is 0.368. The lowest BCUT2D eigenvalue weighted by Crippen LogP contribution is -2.50. The Bertz CT molecular complexity index is 805. The molecule has 1 atom stereocenters. The van der Waals surface area contributed by atoms with E-state index in [1.54, 1.807) is 13.0 Å². The topological polar surface area (TPSA) is 61.4 Å². The van der Waals surface area contributed by atoms with E-state index in [1.165, 1.54) is 17.4 Å². The smallest absolute Gasteiger partial charge is 0.252 e. The highest BCUT2D eigenvalue weighted by Crippen LogP contribution is 2.18. The first-order chi connectivity index (χ1) is 12.9. The molecule has 1 unspecified atom stereocenters. The van der Waals surface area contributed by atoms with Gasteiger partial charge in [0.2, 0.25) is 5.91 Å². The molecule has 1 aliphatic heterocycles. The van der Waals surface area contributed by atoms with Gasteiger partial charge in [0, 0.05) is 36.1 Å². The number of rotatable bonds is 5. The molecule has 0 spiro atoms. The van der Waals surface area contributed by atoms with Crippen LogP contribution in [0.15, 0.2) is 35.0 Å². The lowest BCUT2D eigenvalue weighted by atomic mass is 10.0. The summed E-state index contributed by atoms with van der Waals surface area (Å²) in [5.41, 5.74) is 0.627. The summed E-state index contributed by atoms with van der Waals surface area (Å²) in [6.45, 7) is 3.05. The minimum atomic E-state index is -0.801. The van der Waals surface area contributed by atoms with Gasteiger partial charge in [-0.2, -0.15) is 11.3 Å². The van der Waals surface area contributed by atoms with Crippen LogP contribution in [0.25, 0.3) is 0 Å². The zero-order chi connectivity index (χ0) is 19.4. The van der Waals surface area contributed by atoms with Crippen LogP contribution in [0.5, 0.6) is 0 Å². The monoisotopic (exact) mass is 393 g/mol. The molecule has 1 aromatic heterocycles. The molecule has 27 heavy (non-hydrogen) atoms. The van der Waals surface area contributed by atoms with Crippen LogP contribution in [-0.2, 0) is 4.79 Å². The third kappa shape index (κ3) is 4.90. The van der Waals surface area contributed by atoms with Gasteiger partial charge < -0.3 is 10.6 Å². The summed E-state index contributed by atoms with van der Waals surface area (Å²) in [5, 5.41) is 9.20. The lowest BCUT2D eigenvalue weighted by molar-refractivity contribution is -0.121. The zero-order valence-electron chi connectivity index (χ0n) is 14.9. The lowest BCUT2D eigenvalue weighted by Gasteiger charge is -2.35. The van der Waals surface area contributed by atoms with Crippen molar-refractivity contribution < 1.29 is 18.4 Å². The van der Waals surface area contributed by atoms with Crippen molar-refractivity contribution in [3.05, 3.63) is 52.2 Å². The summed E-state index contributed by atoms with van der Waals surface area (Å²) in [7, 11) is 0. The molecule has 1 fully saturated rings. The number of hydrogen-bond acceptors (Lipinski definition) is 4. The highest BCUT2D eigenvalue weighted by molar-refractivity contribution is 7.08. The van der Waals surface area contributed by atoms with Crippen molar-refractivity contribution >= 4 is 28.8 Å². The Labute approximate surface area is 160 Å². The molecule has 1 aromatic carbocycles. The van der Waals surface area contributed by atoms with Gasteiger partial charge >= 0.3 is 0 Å². The number of hydrogen-bond donors (Lipinski definition) is 2. The van der Waals surface area contributed by atoms with Crippen molar-refractivity contribution in [1.82, 2.24) is 10.2 Å². The number of nitrogens with one attached hydrogen (secondary N) is 2. The first-order valence-corrected chi connectivity index (χ1v) is 9.71. The van der Waals surface area contributed by atoms with E-state index < -0.39 is 17.7 Å². The van der Waals surface area contributed by atoms with Crippen LogP contribution in [-0.4, -0.2) is 41.9 Å². The molecule has 8 heteroatoms. The van der Waals surface area contributed by atoms with E-state index >= 15 is 0 Å². The van der Waals surface area contributed by atoms with Gasteiger partial charge in [-0.15, -0.1) is 0 Å². The van der Waals surface area contributed by atoms with E-state index in [0.717, 1.165) is 25.0 Å². The molecule has 0 radical (unpaired) electrons. The van der Waals surface area contributed by atoms with Crippen LogP contribution in [0.3, 0.4) is 0 Å². The van der Waals surface area contributed by atoms with Gasteiger partial charge in [-0.1, -0.05) is 0 Å². The molecule has 0 bridgehead atoms. The van der Waals surface area contributed by atoms with Crippen molar-refractivity contribution in [3.63, 3.8) is 0 Å². The summed E-state index contributed by atoms with van der Waals surface area (Å²) in [5.74, 6) is -1.91. The van der Waals surface area contributed by atoms with E-state index in [4.69, 9.17) is 0 Å². The van der Waals surface area contributed by atoms with Gasteiger partial charge in [-0.3, -0.25) is 14.5 Å². The number of amides is 2. The Morgan fingerprint density at radius 1 is 1.22 bits per heavy atom. The predicted molar refractivity (Wildman–Crippen MR) is 101 cm³/mol. The van der Waals surface area contributed by atoms with Crippen LogP contribution < -0.4 is 10.6 Å². The maximum Gasteiger partial charge on any atom is 0.252 e. The predicted octanol–water partition coefficient (Wildman–Crippen LogP) is 3.25. The van der Waals surface area contributed by atoms with E-state index in [0.29, 0.717) is 18.7 Å². The minimum Gasteiger partial charge on any atom is -0.349 e. The van der Waals surface area contributed by atoms with Crippen LogP contribution in [0.2, 0.25) is 0 Å². The molecule has 2 amide bonds. The normalized spacial score (nSPS) is 16.7. The Morgan fingerprint density at radius 3 is 2.59 bits per heavy atom. The molecule has 2 aromatic rings. The summed E-state index contributed by atoms with van der Waals surface area (Å²) in [6, 6.07) is 4.45. The number of anilines is 1. The Kier molecular flexibility index (Phi) is 6.18. The highest BCUT2D eigenvalue weighted by Gasteiger charge is 2.28. The quantitative estimate of drug-likeness (QED) is 0.820. The van der Waals surface area contributed by atoms with E-state index in [-0.39, 0.29) is 23.5 Å². The van der Waals surface area contributed by atoms with Crippen molar-refractivity contribution in [2.75, 3.05) is 18.4 Å². The second-order valence-electron chi connectivity index (χ2n) is 6.59. The Hall–Kier alpha value is -2.32. The van der Waals surface area contributed by atoms with E-state index in [1.807, 2.05) is 15.7 Å². The first kappa shape index (κ1) is 19.4. The average Bonchev–Trinajstić information content (AvgIpc) is 3.19. The molecule has 1 saturated heterocycles. The highest BCUT2D eigenvalue weighted by atomic mass is 32.1. The van der Waals surface area contributed by atoms with E-state index in [9.17, 15) is 18.4 Å². The van der Waals surface area contributed by atoms with Gasteiger partial charge in [0.05, 0.1) is 11.7 Å². The Balaban J connectivity index is 1.49. The number of nitrogens with zero attached hydrogens (tertiary/aromatic N) is 1. The molecule has 0 saturated carbocycles. The molecule has 5 nitrogen and oxygen atoms in total. The summed E-state index contributed by atoms with van der Waals surface area (Å²) >= 11 is 1.48. The second-order valence-corrected chi connectivity index (χ2v) is 7.37. The average molecular weight is 393 g/mol. The summed E-state index contributed by atoms with van der Waals surface area (Å²) in [6.07, 6.45) is 1.47. The SMILES string of the molecule is CC(C(=O)Nc1ccc(F)cc1F)N1CCC(NC(=O)c2ccsc2)CC1. The molecule has 2 heterocycles. The fourth-order valence-corrected chi connectivity index (χ4v) is 3.72. The molecule has 0 aliphatic carbocycles. The van der Waals surface area contributed by atoms with Gasteiger partial charge in [-0.05, 0) is 43.3 Å². The van der Waals surface area contributed by atoms with Gasteiger partial charge in [0.15, 0.2) is 0 Å². The van der Waals surface area contributed by atoms with Crippen molar-refractivity contribution in [3.8, 4) is 0 Å². The number of carbonyl (C=O) groups is 2. The molecular formula is C19H21F2N3O2S. The number of carbonyl (C=O) groups excluding carboxylic acids is 2. The third-order valence-corrected chi connectivity index (χ3v) is 5.45. The van der Waals surface area contributed by atoms with E-state index in [2.05, 4.69) is 10.6 Å². The van der Waals surface area contributed by atoms with Crippen LogP contribution in [0.4, 0.5) is 14.5 Å². The van der Waals surface area contributed by atoms with Gasteiger partial charge in [-0.25, -0.2) is 8.78 Å². The largest absolute Gasteiger partial charge is 0.349 e. The van der Waals surface area contributed by atoms with Crippen molar-refractivity contribution in [1.29, 1.82) is 0 Å². The molecule has 3 rings (SSSR count). The van der Waals surface area contributed by atoms with Crippen LogP contribution in [0.1, 0.15) is 30.1 Å². The third-order valence-electron chi connectivity index (χ3n) is 4.76. The number of thiophene rings is 1. The zero-order valence-corrected chi connectivity index (χ0v) is 15.7. The molecule has 1 aliphatic rings. The summed E-state index contributed by atoms with van der Waals surface area (Å²) in [4.78, 5) is 26.5. The second kappa shape index (κ2) is 8.58. The van der Waals surface area contributed by atoms with Crippen LogP contribution >= 0.6 is 11.3 Å². The van der Waals surface area contributed by atoms with Gasteiger partial charge in [0.25, 0.3) is 5.91 Å². The van der Waals surface area contributed by atoms with Crippen molar-refractivity contribution in [2.45, 2.75) is 31.8 Å². The van der Waals surface area contributed by atoms with Crippen molar-refractivity contribution in [2.24, 2.45) is 0 Å². The maximum atomic E-state index is 13.7. The Morgan fingerprint density at radius 2 is 1.96 bits per heavy atom. The molecule has 2 N–H and O–H groups in total. The summed E-state index contributed by atoms with van der Waals surface area (Å²) < 4.78 is 26.7. The van der Waals surface area contributed by atoms with Crippen LogP contribution in [0, 0.1) is 11.6 Å². The fourth-order valence-electron chi connectivity index (χ4n) is 3.09. The minimum absolute atomic E-state index is 0.0360. The number of likely N-dealkylation sites (tertiary alicyclic amines) is 1. The van der Waals surface area contributed by atoms with Gasteiger partial charge in [0.1, 0.15) is 11.6 Å². The maximum absolute atomic E-state index is 13.7. The standard InChI is InChI=1S/C19H21F2N3O2S/c1-12(18(25)23-17-3-2-14(20)10-16(17)21)24-7-4-15(5-8-24)22-19(26)13-6-9-27-11-13/h2-3,6,9-12,15H,4-5,7-8H2,1H3,(H,22,26)(H,23,25). The molecular weight excluding hydrogens is 372 g/mol. The number of halogens is 2. The molecule has 144 valence electrons. The number of benzene rings is 1. The number of piperidine rings is 1.